The van der Waals surface area contributed by atoms with E-state index in [0.29, 0.717) is 5.15 Å². The Kier molecular flexibility index (Phi) is 4.54. The van der Waals surface area contributed by atoms with E-state index in [4.69, 9.17) is 16.6 Å². The molecule has 0 saturated carbocycles. The largest absolute Gasteiger partial charge is 0.277 e. The van der Waals surface area contributed by atoms with Crippen LogP contribution in [0.1, 0.15) is 36.0 Å². The zero-order chi connectivity index (χ0) is 20.1. The third-order valence-corrected chi connectivity index (χ3v) is 7.61. The molecule has 3 aliphatic rings. The van der Waals surface area contributed by atoms with E-state index in [1.165, 1.54) is 57.9 Å². The molecule has 2 aliphatic carbocycles. The van der Waals surface area contributed by atoms with Crippen LogP contribution in [0.3, 0.4) is 0 Å². The van der Waals surface area contributed by atoms with Gasteiger partial charge in [0.1, 0.15) is 5.15 Å². The first-order valence-electron chi connectivity index (χ1n) is 10.6. The fraction of sp³-hybridized carbons (Fsp3) is 0.231. The van der Waals surface area contributed by atoms with Gasteiger partial charge in [0.25, 0.3) is 0 Å². The lowest BCUT2D eigenvalue weighted by molar-refractivity contribution is 0.831. The Hall–Kier alpha value is -2.36. The van der Waals surface area contributed by atoms with Crippen LogP contribution in [0.15, 0.2) is 65.3 Å². The fourth-order valence-electron chi connectivity index (χ4n) is 5.01. The van der Waals surface area contributed by atoms with Crippen LogP contribution in [0.5, 0.6) is 0 Å². The van der Waals surface area contributed by atoms with Gasteiger partial charge in [-0.1, -0.05) is 53.6 Å². The van der Waals surface area contributed by atoms with Gasteiger partial charge in [0.05, 0.1) is 5.04 Å². The zero-order valence-corrected chi connectivity index (χ0v) is 18.2. The van der Waals surface area contributed by atoms with Gasteiger partial charge in [-0.15, -0.1) is 11.8 Å². The molecule has 2 nitrogen and oxygen atoms in total. The van der Waals surface area contributed by atoms with Gasteiger partial charge in [0.15, 0.2) is 0 Å². The molecule has 0 unspecified atom stereocenters. The number of rotatable bonds is 2. The molecule has 0 fully saturated rings. The van der Waals surface area contributed by atoms with Crippen LogP contribution >= 0.6 is 23.4 Å². The number of nitrogens with zero attached hydrogens (tertiary/aromatic N) is 2. The summed E-state index contributed by atoms with van der Waals surface area (Å²) in [5, 5.41) is 4.35. The van der Waals surface area contributed by atoms with Gasteiger partial charge in [-0.3, -0.25) is 4.99 Å². The Labute approximate surface area is 185 Å². The minimum atomic E-state index is 0.521. The molecule has 0 spiro atoms. The Bertz CT molecular complexity index is 1270. The number of fused-ring (bicyclic) bond motifs is 4. The molecule has 1 aliphatic heterocycles. The molecule has 0 amide bonds. The summed E-state index contributed by atoms with van der Waals surface area (Å²) in [5.41, 5.74) is 9.53. The van der Waals surface area contributed by atoms with Crippen molar-refractivity contribution in [2.24, 2.45) is 4.99 Å². The lowest BCUT2D eigenvalue weighted by Gasteiger charge is -2.26. The predicted octanol–water partition coefficient (Wildman–Crippen LogP) is 7.10. The van der Waals surface area contributed by atoms with Crippen LogP contribution < -0.4 is 0 Å². The van der Waals surface area contributed by atoms with Crippen molar-refractivity contribution in [1.29, 1.82) is 0 Å². The summed E-state index contributed by atoms with van der Waals surface area (Å²) in [6, 6.07) is 13.1. The van der Waals surface area contributed by atoms with Crippen molar-refractivity contribution in [2.45, 2.75) is 25.7 Å². The topological polar surface area (TPSA) is 25.2 Å². The molecule has 0 saturated heterocycles. The first-order valence-corrected chi connectivity index (χ1v) is 11.9. The van der Waals surface area contributed by atoms with Gasteiger partial charge in [0, 0.05) is 29.6 Å². The van der Waals surface area contributed by atoms with Gasteiger partial charge >= 0.3 is 0 Å². The summed E-state index contributed by atoms with van der Waals surface area (Å²) in [5.74, 6) is 1.05. The van der Waals surface area contributed by atoms with Crippen LogP contribution in [0, 0.1) is 0 Å². The van der Waals surface area contributed by atoms with Crippen LogP contribution in [-0.4, -0.2) is 22.3 Å². The molecule has 0 bridgehead atoms. The van der Waals surface area contributed by atoms with Crippen LogP contribution in [0.2, 0.25) is 5.15 Å². The maximum atomic E-state index is 6.05. The molecule has 148 valence electrons. The Morgan fingerprint density at radius 2 is 1.80 bits per heavy atom. The summed E-state index contributed by atoms with van der Waals surface area (Å²) in [4.78, 5) is 9.17. The normalized spacial score (nSPS) is 17.8. The Balaban J connectivity index is 1.61. The van der Waals surface area contributed by atoms with Crippen LogP contribution in [-0.2, 0) is 6.42 Å². The number of halogens is 1. The molecule has 2 aromatic carbocycles. The van der Waals surface area contributed by atoms with Gasteiger partial charge in [-0.05, 0) is 70.9 Å². The van der Waals surface area contributed by atoms with Crippen molar-refractivity contribution in [2.75, 3.05) is 12.3 Å². The van der Waals surface area contributed by atoms with Crippen molar-refractivity contribution in [3.8, 4) is 11.1 Å². The van der Waals surface area contributed by atoms with Gasteiger partial charge in [-0.25, -0.2) is 4.98 Å². The van der Waals surface area contributed by atoms with E-state index >= 15 is 0 Å². The van der Waals surface area contributed by atoms with Gasteiger partial charge in [0.2, 0.25) is 0 Å². The first-order chi connectivity index (χ1) is 14.8. The third kappa shape index (κ3) is 2.95. The molecule has 2 heterocycles. The summed E-state index contributed by atoms with van der Waals surface area (Å²) >= 11 is 7.91. The molecule has 4 heteroatoms. The lowest BCUT2D eigenvalue weighted by Crippen LogP contribution is -2.08. The van der Waals surface area contributed by atoms with E-state index in [-0.39, 0.29) is 0 Å². The number of thioether (sulfide) groups is 1. The number of aryl methyl sites for hydroxylation is 1. The second-order valence-electron chi connectivity index (χ2n) is 8.04. The Morgan fingerprint density at radius 3 is 2.63 bits per heavy atom. The zero-order valence-electron chi connectivity index (χ0n) is 16.6. The van der Waals surface area contributed by atoms with Gasteiger partial charge < -0.3 is 0 Å². The highest BCUT2D eigenvalue weighted by Crippen LogP contribution is 2.42. The van der Waals surface area contributed by atoms with E-state index in [1.54, 1.807) is 5.57 Å². The molecule has 3 aromatic rings. The molecule has 0 N–H and O–H groups in total. The smallest absolute Gasteiger partial charge is 0.129 e. The molecular formula is C26H21ClN2S. The summed E-state index contributed by atoms with van der Waals surface area (Å²) in [6.07, 6.45) is 11.2. The van der Waals surface area contributed by atoms with E-state index < -0.39 is 0 Å². The van der Waals surface area contributed by atoms with Crippen molar-refractivity contribution in [3.05, 3.63) is 82.2 Å². The molecule has 6 rings (SSSR count). The van der Waals surface area contributed by atoms with Crippen LogP contribution in [0.25, 0.3) is 27.5 Å². The van der Waals surface area contributed by atoms with E-state index in [9.17, 15) is 0 Å². The minimum Gasteiger partial charge on any atom is -0.277 e. The Morgan fingerprint density at radius 1 is 0.900 bits per heavy atom. The molecule has 0 radical (unpaired) electrons. The number of aliphatic imine (C=N–C) groups is 1. The maximum Gasteiger partial charge on any atom is 0.129 e. The monoisotopic (exact) mass is 428 g/mol. The average molecular weight is 429 g/mol. The molecule has 0 atom stereocenters. The highest BCUT2D eigenvalue weighted by atomic mass is 35.5. The van der Waals surface area contributed by atoms with Crippen LogP contribution in [0.4, 0.5) is 0 Å². The van der Waals surface area contributed by atoms with E-state index in [2.05, 4.69) is 47.5 Å². The SMILES string of the molecule is Clc1ccc(-c2ccc3c4c(ccc3c2C2=NCCS2)C2=C(CCC=C2)CC4)cn1. The van der Waals surface area contributed by atoms with E-state index in [1.807, 2.05) is 24.0 Å². The maximum absolute atomic E-state index is 6.05. The first kappa shape index (κ1) is 18.4. The van der Waals surface area contributed by atoms with Crippen molar-refractivity contribution in [1.82, 2.24) is 4.98 Å². The number of allylic oxidation sites excluding steroid dienone is 4. The number of hydrogen-bond donors (Lipinski definition) is 0. The summed E-state index contributed by atoms with van der Waals surface area (Å²) in [6.45, 7) is 0.890. The summed E-state index contributed by atoms with van der Waals surface area (Å²) < 4.78 is 0. The van der Waals surface area contributed by atoms with Crippen molar-refractivity contribution >= 4 is 44.8 Å². The fourth-order valence-corrected chi connectivity index (χ4v) is 6.04. The minimum absolute atomic E-state index is 0.521. The van der Waals surface area contributed by atoms with Gasteiger partial charge in [-0.2, -0.15) is 0 Å². The van der Waals surface area contributed by atoms with E-state index in [0.717, 1.165) is 29.3 Å². The number of aromatic nitrogens is 1. The highest BCUT2D eigenvalue weighted by Gasteiger charge is 2.24. The van der Waals surface area contributed by atoms with Crippen molar-refractivity contribution in [3.63, 3.8) is 0 Å². The quantitative estimate of drug-likeness (QED) is 0.407. The third-order valence-electron chi connectivity index (χ3n) is 6.40. The second-order valence-corrected chi connectivity index (χ2v) is 9.51. The number of hydrogen-bond acceptors (Lipinski definition) is 3. The molecular weight excluding hydrogens is 408 g/mol. The number of benzene rings is 2. The average Bonchev–Trinajstić information content (AvgIpc) is 3.33. The van der Waals surface area contributed by atoms with Crippen molar-refractivity contribution < 1.29 is 0 Å². The standard InChI is InChI=1S/C26H21ClN2S/c27-24-12-6-17(15-29-24)19-8-9-22-21-7-5-16-3-1-2-4-18(16)20(21)10-11-23(22)25(19)26-28-13-14-30-26/h2,4,6,8-12,15H,1,3,5,7,13-14H2. The summed E-state index contributed by atoms with van der Waals surface area (Å²) in [7, 11) is 0. The predicted molar refractivity (Wildman–Crippen MR) is 130 cm³/mol. The lowest BCUT2D eigenvalue weighted by atomic mass is 9.79. The second kappa shape index (κ2) is 7.40. The molecule has 30 heavy (non-hydrogen) atoms. The highest BCUT2D eigenvalue weighted by molar-refractivity contribution is 8.14. The number of pyridine rings is 1. The molecule has 1 aromatic heterocycles.